The van der Waals surface area contributed by atoms with Crippen LogP contribution in [0.3, 0.4) is 0 Å². The molecule has 0 bridgehead atoms. The molecule has 1 atom stereocenters. The van der Waals surface area contributed by atoms with Crippen LogP contribution < -0.4 is 5.32 Å². The highest BCUT2D eigenvalue weighted by molar-refractivity contribution is 6.07. The molecule has 2 aliphatic heterocycles. The van der Waals surface area contributed by atoms with Gasteiger partial charge in [-0.05, 0) is 18.6 Å². The quantitative estimate of drug-likeness (QED) is 0.791. The van der Waals surface area contributed by atoms with Crippen molar-refractivity contribution in [3.63, 3.8) is 0 Å². The van der Waals surface area contributed by atoms with Gasteiger partial charge in [0.05, 0.1) is 13.2 Å². The highest BCUT2D eigenvalue weighted by Crippen LogP contribution is 2.28. The zero-order valence-electron chi connectivity index (χ0n) is 10.7. The minimum absolute atomic E-state index is 0.196. The fraction of sp³-hybridized carbons (Fsp3) is 0.462. The summed E-state index contributed by atoms with van der Waals surface area (Å²) in [6, 6.07) is 3.33. The fourth-order valence-corrected chi connectivity index (χ4v) is 2.51. The Morgan fingerprint density at radius 2 is 2.37 bits per heavy atom. The van der Waals surface area contributed by atoms with Crippen LogP contribution in [0.25, 0.3) is 0 Å². The molecule has 1 unspecified atom stereocenters. The third kappa shape index (κ3) is 1.88. The number of aryl methyl sites for hydroxylation is 1. The Balaban J connectivity index is 1.84. The van der Waals surface area contributed by atoms with E-state index < -0.39 is 5.54 Å². The van der Waals surface area contributed by atoms with E-state index >= 15 is 0 Å². The van der Waals surface area contributed by atoms with E-state index in [2.05, 4.69) is 10.3 Å². The second kappa shape index (κ2) is 4.31. The molecule has 6 nitrogen and oxygen atoms in total. The minimum atomic E-state index is -0.840. The Hall–Kier alpha value is -1.95. The van der Waals surface area contributed by atoms with Crippen LogP contribution in [0, 0.1) is 6.92 Å². The van der Waals surface area contributed by atoms with Crippen molar-refractivity contribution in [1.29, 1.82) is 0 Å². The molecular formula is C13H15N3O3. The Morgan fingerprint density at radius 1 is 1.53 bits per heavy atom. The molecule has 1 aromatic rings. The second-order valence-electron chi connectivity index (χ2n) is 4.95. The summed E-state index contributed by atoms with van der Waals surface area (Å²) >= 11 is 0. The maximum absolute atomic E-state index is 12.4. The average Bonchev–Trinajstić information content (AvgIpc) is 2.94. The standard InChI is InChI=1S/C13H15N3O3/c1-9-10(3-2-5-14-9)7-16-11(17)13(15-12(16)18)4-6-19-8-13/h2-3,5H,4,6-8H2,1H3,(H,15,18). The van der Waals surface area contributed by atoms with Gasteiger partial charge in [0.25, 0.3) is 5.91 Å². The number of hydrogen-bond acceptors (Lipinski definition) is 4. The van der Waals surface area contributed by atoms with Crippen LogP contribution in [-0.2, 0) is 16.1 Å². The largest absolute Gasteiger partial charge is 0.378 e. The van der Waals surface area contributed by atoms with Gasteiger partial charge in [-0.2, -0.15) is 0 Å². The number of amides is 3. The number of ether oxygens (including phenoxy) is 1. The molecule has 2 fully saturated rings. The number of nitrogens with zero attached hydrogens (tertiary/aromatic N) is 2. The second-order valence-corrected chi connectivity index (χ2v) is 4.95. The van der Waals surface area contributed by atoms with Crippen molar-refractivity contribution in [3.05, 3.63) is 29.6 Å². The first-order chi connectivity index (χ1) is 9.12. The number of carbonyl (C=O) groups is 2. The maximum atomic E-state index is 12.4. The van der Waals surface area contributed by atoms with Gasteiger partial charge in [-0.25, -0.2) is 4.79 Å². The lowest BCUT2D eigenvalue weighted by Gasteiger charge is -2.18. The molecule has 0 aromatic carbocycles. The smallest absolute Gasteiger partial charge is 0.325 e. The summed E-state index contributed by atoms with van der Waals surface area (Å²) in [5, 5.41) is 2.76. The van der Waals surface area contributed by atoms with E-state index in [1.807, 2.05) is 13.0 Å². The van der Waals surface area contributed by atoms with Gasteiger partial charge in [0.15, 0.2) is 0 Å². The Morgan fingerprint density at radius 3 is 3.05 bits per heavy atom. The molecule has 2 aliphatic rings. The number of rotatable bonds is 2. The van der Waals surface area contributed by atoms with Gasteiger partial charge in [0.1, 0.15) is 5.54 Å². The molecule has 1 spiro atoms. The van der Waals surface area contributed by atoms with E-state index in [1.165, 1.54) is 4.90 Å². The minimum Gasteiger partial charge on any atom is -0.378 e. The molecule has 3 amide bonds. The zero-order chi connectivity index (χ0) is 13.5. The average molecular weight is 261 g/mol. The summed E-state index contributed by atoms with van der Waals surface area (Å²) < 4.78 is 5.25. The summed E-state index contributed by atoms with van der Waals surface area (Å²) in [7, 11) is 0. The predicted molar refractivity (Wildman–Crippen MR) is 66.2 cm³/mol. The summed E-state index contributed by atoms with van der Waals surface area (Å²) in [4.78, 5) is 29.8. The van der Waals surface area contributed by atoms with Crippen molar-refractivity contribution in [1.82, 2.24) is 15.2 Å². The van der Waals surface area contributed by atoms with E-state index in [1.54, 1.807) is 12.3 Å². The van der Waals surface area contributed by atoms with E-state index in [0.717, 1.165) is 11.3 Å². The van der Waals surface area contributed by atoms with Crippen LogP contribution in [0.4, 0.5) is 4.79 Å². The number of nitrogens with one attached hydrogen (secondary N) is 1. The number of pyridine rings is 1. The van der Waals surface area contributed by atoms with Gasteiger partial charge in [0, 0.05) is 24.9 Å². The summed E-state index contributed by atoms with van der Waals surface area (Å²) in [5.41, 5.74) is 0.862. The highest BCUT2D eigenvalue weighted by atomic mass is 16.5. The summed E-state index contributed by atoms with van der Waals surface area (Å²) in [5.74, 6) is -0.196. The third-order valence-electron chi connectivity index (χ3n) is 3.71. The van der Waals surface area contributed by atoms with Crippen molar-refractivity contribution in [3.8, 4) is 0 Å². The fourth-order valence-electron chi connectivity index (χ4n) is 2.51. The molecule has 3 rings (SSSR count). The Bertz CT molecular complexity index is 538. The summed E-state index contributed by atoms with van der Waals surface area (Å²) in [6.45, 7) is 2.89. The van der Waals surface area contributed by atoms with Crippen LogP contribution in [0.2, 0.25) is 0 Å². The SMILES string of the molecule is Cc1ncccc1CN1C(=O)NC2(CCOC2)C1=O. The first-order valence-electron chi connectivity index (χ1n) is 6.25. The van der Waals surface area contributed by atoms with Gasteiger partial charge in [-0.1, -0.05) is 6.07 Å². The van der Waals surface area contributed by atoms with Crippen LogP contribution in [0.5, 0.6) is 0 Å². The van der Waals surface area contributed by atoms with E-state index in [0.29, 0.717) is 13.0 Å². The number of urea groups is 1. The van der Waals surface area contributed by atoms with Gasteiger partial charge in [-0.15, -0.1) is 0 Å². The predicted octanol–water partition coefficient (Wildman–Crippen LogP) is 0.601. The molecule has 1 aromatic heterocycles. The van der Waals surface area contributed by atoms with Gasteiger partial charge >= 0.3 is 6.03 Å². The number of imide groups is 1. The van der Waals surface area contributed by atoms with Crippen LogP contribution in [0.1, 0.15) is 17.7 Å². The molecule has 0 saturated carbocycles. The lowest BCUT2D eigenvalue weighted by molar-refractivity contribution is -0.131. The molecule has 3 heterocycles. The lowest BCUT2D eigenvalue weighted by atomic mass is 9.99. The topological polar surface area (TPSA) is 71.5 Å². The zero-order valence-corrected chi connectivity index (χ0v) is 10.7. The monoisotopic (exact) mass is 261 g/mol. The Kier molecular flexibility index (Phi) is 2.74. The molecule has 2 saturated heterocycles. The van der Waals surface area contributed by atoms with E-state index in [-0.39, 0.29) is 25.1 Å². The maximum Gasteiger partial charge on any atom is 0.325 e. The van der Waals surface area contributed by atoms with Crippen LogP contribution >= 0.6 is 0 Å². The van der Waals surface area contributed by atoms with Gasteiger partial charge in [0.2, 0.25) is 0 Å². The Labute approximate surface area is 110 Å². The first kappa shape index (κ1) is 12.1. The molecule has 1 N–H and O–H groups in total. The van der Waals surface area contributed by atoms with E-state index in [4.69, 9.17) is 4.74 Å². The highest BCUT2D eigenvalue weighted by Gasteiger charge is 2.53. The number of aromatic nitrogens is 1. The first-order valence-corrected chi connectivity index (χ1v) is 6.25. The number of hydrogen-bond donors (Lipinski definition) is 1. The van der Waals surface area contributed by atoms with Crippen LogP contribution in [0.15, 0.2) is 18.3 Å². The van der Waals surface area contributed by atoms with Crippen molar-refractivity contribution < 1.29 is 14.3 Å². The molecule has 19 heavy (non-hydrogen) atoms. The van der Waals surface area contributed by atoms with Gasteiger partial charge < -0.3 is 10.1 Å². The molecule has 0 radical (unpaired) electrons. The molecule has 100 valence electrons. The van der Waals surface area contributed by atoms with Crippen molar-refractivity contribution in [2.24, 2.45) is 0 Å². The van der Waals surface area contributed by atoms with Crippen molar-refractivity contribution in [2.75, 3.05) is 13.2 Å². The molecule has 0 aliphatic carbocycles. The molecular weight excluding hydrogens is 246 g/mol. The van der Waals surface area contributed by atoms with Crippen molar-refractivity contribution in [2.45, 2.75) is 25.4 Å². The van der Waals surface area contributed by atoms with E-state index in [9.17, 15) is 9.59 Å². The number of carbonyl (C=O) groups excluding carboxylic acids is 2. The van der Waals surface area contributed by atoms with Crippen LogP contribution in [-0.4, -0.2) is 40.6 Å². The van der Waals surface area contributed by atoms with Crippen molar-refractivity contribution >= 4 is 11.9 Å². The lowest BCUT2D eigenvalue weighted by Crippen LogP contribution is -2.47. The van der Waals surface area contributed by atoms with Gasteiger partial charge in [-0.3, -0.25) is 14.7 Å². The normalized spacial score (nSPS) is 26.3. The molecule has 6 heteroatoms. The third-order valence-corrected chi connectivity index (χ3v) is 3.71. The summed E-state index contributed by atoms with van der Waals surface area (Å²) in [6.07, 6.45) is 2.23.